The summed E-state index contributed by atoms with van der Waals surface area (Å²) in [6, 6.07) is 5.20. The van der Waals surface area contributed by atoms with Crippen LogP contribution in [0, 0.1) is 24.2 Å². The summed E-state index contributed by atoms with van der Waals surface area (Å²) < 4.78 is 4.85. The van der Waals surface area contributed by atoms with Gasteiger partial charge in [-0.2, -0.15) is 5.26 Å². The van der Waals surface area contributed by atoms with Gasteiger partial charge in [0.15, 0.2) is 11.7 Å². The largest absolute Gasteiger partial charge is 0.385 e. The van der Waals surface area contributed by atoms with Gasteiger partial charge in [0.2, 0.25) is 5.91 Å². The summed E-state index contributed by atoms with van der Waals surface area (Å²) in [5.41, 5.74) is 0. The standard InChI is InChI=1S/C13H16N2O3S/c1-9-4-5-11(19-9)12(16)10(8-14)13(17)15-6-3-7-18-2/h4-5,10H,3,6-7H2,1-2H3,(H,15,17)/t10-/m1/s1. The van der Waals surface area contributed by atoms with Crippen molar-refractivity contribution in [2.45, 2.75) is 13.3 Å². The lowest BCUT2D eigenvalue weighted by Gasteiger charge is -2.08. The van der Waals surface area contributed by atoms with E-state index >= 15 is 0 Å². The van der Waals surface area contributed by atoms with Gasteiger partial charge >= 0.3 is 0 Å². The lowest BCUT2D eigenvalue weighted by atomic mass is 10.0. The number of amides is 1. The molecule has 0 aliphatic rings. The fraction of sp³-hybridized carbons (Fsp3) is 0.462. The van der Waals surface area contributed by atoms with E-state index in [1.165, 1.54) is 11.3 Å². The highest BCUT2D eigenvalue weighted by atomic mass is 32.1. The number of carbonyl (C=O) groups is 2. The molecule has 1 atom stereocenters. The molecule has 0 aliphatic heterocycles. The number of ketones is 1. The monoisotopic (exact) mass is 280 g/mol. The molecule has 1 aromatic heterocycles. The topological polar surface area (TPSA) is 79.2 Å². The highest BCUT2D eigenvalue weighted by molar-refractivity contribution is 7.14. The molecule has 1 amide bonds. The van der Waals surface area contributed by atoms with E-state index in [4.69, 9.17) is 10.00 Å². The summed E-state index contributed by atoms with van der Waals surface area (Å²) in [7, 11) is 1.57. The Morgan fingerprint density at radius 3 is 2.79 bits per heavy atom. The minimum atomic E-state index is -1.28. The summed E-state index contributed by atoms with van der Waals surface area (Å²) >= 11 is 1.29. The van der Waals surface area contributed by atoms with Gasteiger partial charge in [-0.1, -0.05) is 0 Å². The van der Waals surface area contributed by atoms with Crippen molar-refractivity contribution in [1.29, 1.82) is 5.26 Å². The quantitative estimate of drug-likeness (QED) is 0.466. The molecular formula is C13H16N2O3S. The number of thiophene rings is 1. The van der Waals surface area contributed by atoms with E-state index in [2.05, 4.69) is 5.32 Å². The van der Waals surface area contributed by atoms with Gasteiger partial charge in [-0.05, 0) is 25.5 Å². The molecule has 0 saturated heterocycles. The van der Waals surface area contributed by atoms with E-state index in [-0.39, 0.29) is 0 Å². The first-order valence-corrected chi connectivity index (χ1v) is 6.68. The number of hydrogen-bond donors (Lipinski definition) is 1. The third kappa shape index (κ3) is 4.47. The number of nitrogens with zero attached hydrogens (tertiary/aromatic N) is 1. The maximum Gasteiger partial charge on any atom is 0.245 e. The SMILES string of the molecule is COCCCNC(=O)[C@H](C#N)C(=O)c1ccc(C)s1. The highest BCUT2D eigenvalue weighted by Crippen LogP contribution is 2.19. The van der Waals surface area contributed by atoms with Crippen LogP contribution in [0.25, 0.3) is 0 Å². The number of nitrogens with one attached hydrogen (secondary N) is 1. The molecule has 19 heavy (non-hydrogen) atoms. The van der Waals surface area contributed by atoms with Crippen molar-refractivity contribution < 1.29 is 14.3 Å². The molecule has 0 aliphatic carbocycles. The Kier molecular flexibility index (Phi) is 6.19. The second kappa shape index (κ2) is 7.67. The molecule has 0 unspecified atom stereocenters. The average Bonchev–Trinajstić information content (AvgIpc) is 2.82. The third-order valence-corrected chi connectivity index (χ3v) is 3.48. The van der Waals surface area contributed by atoms with Crippen molar-refractivity contribution in [2.24, 2.45) is 5.92 Å². The Labute approximate surface area is 116 Å². The fourth-order valence-electron chi connectivity index (χ4n) is 1.48. The van der Waals surface area contributed by atoms with Crippen LogP contribution in [0.5, 0.6) is 0 Å². The van der Waals surface area contributed by atoms with Crippen molar-refractivity contribution in [3.63, 3.8) is 0 Å². The molecular weight excluding hydrogens is 264 g/mol. The fourth-order valence-corrected chi connectivity index (χ4v) is 2.31. The minimum absolute atomic E-state index is 0.390. The van der Waals surface area contributed by atoms with Crippen LogP contribution in [0.15, 0.2) is 12.1 Å². The van der Waals surface area contributed by atoms with Gasteiger partial charge in [-0.15, -0.1) is 11.3 Å². The van der Waals surface area contributed by atoms with Gasteiger partial charge < -0.3 is 10.1 Å². The summed E-state index contributed by atoms with van der Waals surface area (Å²) in [5.74, 6) is -2.26. The first-order chi connectivity index (χ1) is 9.10. The molecule has 1 N–H and O–H groups in total. The lowest BCUT2D eigenvalue weighted by Crippen LogP contribution is -2.35. The highest BCUT2D eigenvalue weighted by Gasteiger charge is 2.28. The Bertz CT molecular complexity index is 490. The molecule has 1 heterocycles. The van der Waals surface area contributed by atoms with Crippen molar-refractivity contribution in [1.82, 2.24) is 5.32 Å². The number of methoxy groups -OCH3 is 1. The van der Waals surface area contributed by atoms with E-state index in [0.29, 0.717) is 24.4 Å². The van der Waals surface area contributed by atoms with E-state index in [1.54, 1.807) is 25.3 Å². The number of hydrogen-bond acceptors (Lipinski definition) is 5. The number of nitriles is 1. The van der Waals surface area contributed by atoms with E-state index in [9.17, 15) is 9.59 Å². The molecule has 0 aromatic carbocycles. The number of aryl methyl sites for hydroxylation is 1. The number of rotatable bonds is 7. The molecule has 0 fully saturated rings. The van der Waals surface area contributed by atoms with Crippen molar-refractivity contribution in [3.05, 3.63) is 21.9 Å². The number of Topliss-reactive ketones (excluding diaryl/α,β-unsaturated/α-hetero) is 1. The summed E-state index contributed by atoms with van der Waals surface area (Å²) in [6.07, 6.45) is 0.646. The van der Waals surface area contributed by atoms with Gasteiger partial charge in [-0.3, -0.25) is 9.59 Å². The molecule has 102 valence electrons. The molecule has 0 radical (unpaired) electrons. The van der Waals surface area contributed by atoms with Crippen LogP contribution < -0.4 is 5.32 Å². The third-order valence-electron chi connectivity index (χ3n) is 2.46. The minimum Gasteiger partial charge on any atom is -0.385 e. The van der Waals surface area contributed by atoms with Gasteiger partial charge in [0, 0.05) is 25.1 Å². The zero-order valence-corrected chi connectivity index (χ0v) is 11.8. The summed E-state index contributed by atoms with van der Waals surface area (Å²) in [4.78, 5) is 25.2. The van der Waals surface area contributed by atoms with E-state index in [0.717, 1.165) is 4.88 Å². The number of carbonyl (C=O) groups excluding carboxylic acids is 2. The molecule has 0 bridgehead atoms. The van der Waals surface area contributed by atoms with Crippen LogP contribution in [0.4, 0.5) is 0 Å². The first kappa shape index (κ1) is 15.3. The smallest absolute Gasteiger partial charge is 0.245 e. The Hall–Kier alpha value is -1.71. The van der Waals surface area contributed by atoms with Gasteiger partial charge in [0.05, 0.1) is 10.9 Å². The van der Waals surface area contributed by atoms with Crippen molar-refractivity contribution >= 4 is 23.0 Å². The average molecular weight is 280 g/mol. The Morgan fingerprint density at radius 1 is 1.53 bits per heavy atom. The van der Waals surface area contributed by atoms with Crippen LogP contribution in [-0.2, 0) is 9.53 Å². The maximum atomic E-state index is 12.0. The second-order valence-electron chi connectivity index (χ2n) is 3.97. The van der Waals surface area contributed by atoms with E-state index in [1.807, 2.05) is 6.92 Å². The van der Waals surface area contributed by atoms with Crippen LogP contribution in [0.3, 0.4) is 0 Å². The first-order valence-electron chi connectivity index (χ1n) is 5.87. The van der Waals surface area contributed by atoms with Gasteiger partial charge in [0.25, 0.3) is 0 Å². The molecule has 5 nitrogen and oxygen atoms in total. The zero-order chi connectivity index (χ0) is 14.3. The summed E-state index contributed by atoms with van der Waals surface area (Å²) in [5, 5.41) is 11.6. The van der Waals surface area contributed by atoms with Crippen molar-refractivity contribution in [3.8, 4) is 6.07 Å². The normalized spacial score (nSPS) is 11.6. The molecule has 6 heteroatoms. The molecule has 0 saturated carbocycles. The van der Waals surface area contributed by atoms with Crippen LogP contribution >= 0.6 is 11.3 Å². The van der Waals surface area contributed by atoms with E-state index < -0.39 is 17.6 Å². The zero-order valence-electron chi connectivity index (χ0n) is 10.9. The van der Waals surface area contributed by atoms with Crippen molar-refractivity contribution in [2.75, 3.05) is 20.3 Å². The van der Waals surface area contributed by atoms with Crippen LogP contribution in [0.2, 0.25) is 0 Å². The van der Waals surface area contributed by atoms with Crippen LogP contribution in [0.1, 0.15) is 21.0 Å². The second-order valence-corrected chi connectivity index (χ2v) is 5.26. The van der Waals surface area contributed by atoms with Gasteiger partial charge in [0.1, 0.15) is 0 Å². The molecule has 1 rings (SSSR count). The summed E-state index contributed by atoms with van der Waals surface area (Å²) in [6.45, 7) is 2.78. The Balaban J connectivity index is 2.60. The lowest BCUT2D eigenvalue weighted by molar-refractivity contribution is -0.122. The maximum absolute atomic E-state index is 12.0. The van der Waals surface area contributed by atoms with Gasteiger partial charge in [-0.25, -0.2) is 0 Å². The Morgan fingerprint density at radius 2 is 2.26 bits per heavy atom. The van der Waals surface area contributed by atoms with Crippen LogP contribution in [-0.4, -0.2) is 32.0 Å². The molecule has 1 aromatic rings. The molecule has 0 spiro atoms. The predicted octanol–water partition coefficient (Wildman–Crippen LogP) is 1.53. The number of ether oxygens (including phenoxy) is 1. The predicted molar refractivity (Wildman–Crippen MR) is 72.0 cm³/mol.